The van der Waals surface area contributed by atoms with Crippen LogP contribution in [0.2, 0.25) is 0 Å². The average molecular weight is 255 g/mol. The Labute approximate surface area is 88.3 Å². The SMILES string of the molecule is Cc1nc(C(=O)O)n2cccc(Br)c12. The second-order valence-corrected chi connectivity index (χ2v) is 3.76. The Morgan fingerprint density at radius 3 is 3.00 bits per heavy atom. The van der Waals surface area contributed by atoms with Crippen LogP contribution in [0.1, 0.15) is 16.3 Å². The molecule has 0 aliphatic carbocycles. The smallest absolute Gasteiger partial charge is 0.372 e. The summed E-state index contributed by atoms with van der Waals surface area (Å²) in [5.74, 6) is -0.981. The Kier molecular flexibility index (Phi) is 2.03. The summed E-state index contributed by atoms with van der Waals surface area (Å²) < 4.78 is 2.40. The van der Waals surface area contributed by atoms with Crippen molar-refractivity contribution in [1.29, 1.82) is 0 Å². The summed E-state index contributed by atoms with van der Waals surface area (Å²) in [6, 6.07) is 3.63. The largest absolute Gasteiger partial charge is 0.475 e. The van der Waals surface area contributed by atoms with Gasteiger partial charge in [0.25, 0.3) is 0 Å². The summed E-state index contributed by atoms with van der Waals surface area (Å²) in [5, 5.41) is 8.89. The van der Waals surface area contributed by atoms with Gasteiger partial charge in [-0.1, -0.05) is 0 Å². The molecule has 0 amide bonds. The predicted molar refractivity (Wildman–Crippen MR) is 54.6 cm³/mol. The van der Waals surface area contributed by atoms with E-state index in [-0.39, 0.29) is 5.82 Å². The van der Waals surface area contributed by atoms with Crippen molar-refractivity contribution in [3.05, 3.63) is 34.3 Å². The molecular weight excluding hydrogens is 248 g/mol. The van der Waals surface area contributed by atoms with Gasteiger partial charge in [-0.25, -0.2) is 9.78 Å². The minimum atomic E-state index is -1.02. The lowest BCUT2D eigenvalue weighted by Crippen LogP contribution is -2.03. The van der Waals surface area contributed by atoms with Crippen molar-refractivity contribution in [2.45, 2.75) is 6.92 Å². The van der Waals surface area contributed by atoms with Crippen LogP contribution in [0.3, 0.4) is 0 Å². The third kappa shape index (κ3) is 1.21. The van der Waals surface area contributed by atoms with E-state index < -0.39 is 5.97 Å². The van der Waals surface area contributed by atoms with Crippen LogP contribution in [-0.2, 0) is 0 Å². The highest BCUT2D eigenvalue weighted by molar-refractivity contribution is 9.10. The minimum absolute atomic E-state index is 0.0406. The number of pyridine rings is 1. The van der Waals surface area contributed by atoms with E-state index in [9.17, 15) is 4.79 Å². The van der Waals surface area contributed by atoms with Gasteiger partial charge in [0, 0.05) is 10.7 Å². The second kappa shape index (κ2) is 3.09. The van der Waals surface area contributed by atoms with Crippen molar-refractivity contribution in [3.8, 4) is 0 Å². The molecule has 0 fully saturated rings. The molecule has 0 unspecified atom stereocenters. The Morgan fingerprint density at radius 2 is 2.36 bits per heavy atom. The van der Waals surface area contributed by atoms with Crippen molar-refractivity contribution >= 4 is 27.4 Å². The molecule has 0 atom stereocenters. The number of fused-ring (bicyclic) bond motifs is 1. The quantitative estimate of drug-likeness (QED) is 0.848. The van der Waals surface area contributed by atoms with Gasteiger partial charge in [-0.3, -0.25) is 4.40 Å². The number of carboxylic acids is 1. The highest BCUT2D eigenvalue weighted by Crippen LogP contribution is 2.22. The Morgan fingerprint density at radius 1 is 1.64 bits per heavy atom. The van der Waals surface area contributed by atoms with Crippen LogP contribution >= 0.6 is 15.9 Å². The molecule has 4 nitrogen and oxygen atoms in total. The first-order valence-electron chi connectivity index (χ1n) is 3.97. The minimum Gasteiger partial charge on any atom is -0.475 e. The molecule has 0 aromatic carbocycles. The van der Waals surface area contributed by atoms with E-state index in [1.165, 1.54) is 0 Å². The summed E-state index contributed by atoms with van der Waals surface area (Å²) in [4.78, 5) is 14.8. The van der Waals surface area contributed by atoms with Crippen LogP contribution in [0, 0.1) is 6.92 Å². The molecule has 2 rings (SSSR count). The molecule has 2 aromatic heterocycles. The van der Waals surface area contributed by atoms with Gasteiger partial charge < -0.3 is 5.11 Å². The van der Waals surface area contributed by atoms with Crippen molar-refractivity contribution in [1.82, 2.24) is 9.38 Å². The first kappa shape index (κ1) is 9.21. The number of carboxylic acid groups (broad SMARTS) is 1. The van der Waals surface area contributed by atoms with E-state index >= 15 is 0 Å². The number of aryl methyl sites for hydroxylation is 1. The van der Waals surface area contributed by atoms with Crippen molar-refractivity contribution in [3.63, 3.8) is 0 Å². The van der Waals surface area contributed by atoms with Crippen LogP contribution in [0.15, 0.2) is 22.8 Å². The molecule has 1 N–H and O–H groups in total. The van der Waals surface area contributed by atoms with Crippen LogP contribution in [-0.4, -0.2) is 20.5 Å². The van der Waals surface area contributed by atoms with Crippen LogP contribution < -0.4 is 0 Å². The lowest BCUT2D eigenvalue weighted by atomic mass is 10.3. The third-order valence-electron chi connectivity index (χ3n) is 1.98. The van der Waals surface area contributed by atoms with E-state index in [4.69, 9.17) is 5.11 Å². The first-order valence-corrected chi connectivity index (χ1v) is 4.77. The molecule has 14 heavy (non-hydrogen) atoms. The fourth-order valence-electron chi connectivity index (χ4n) is 1.42. The van der Waals surface area contributed by atoms with Crippen molar-refractivity contribution in [2.75, 3.05) is 0 Å². The molecule has 2 heterocycles. The maximum Gasteiger partial charge on any atom is 0.372 e. The summed E-state index contributed by atoms with van der Waals surface area (Å²) in [7, 11) is 0. The summed E-state index contributed by atoms with van der Waals surface area (Å²) in [6.45, 7) is 1.78. The third-order valence-corrected chi connectivity index (χ3v) is 2.62. The second-order valence-electron chi connectivity index (χ2n) is 2.90. The zero-order valence-corrected chi connectivity index (χ0v) is 8.95. The number of halogens is 1. The van der Waals surface area contributed by atoms with E-state index in [0.29, 0.717) is 5.69 Å². The van der Waals surface area contributed by atoms with Gasteiger partial charge in [0.15, 0.2) is 0 Å². The number of aromatic nitrogens is 2. The molecule has 2 aromatic rings. The molecule has 0 saturated carbocycles. The number of hydrogen-bond donors (Lipinski definition) is 1. The number of aromatic carboxylic acids is 1. The molecule has 72 valence electrons. The van der Waals surface area contributed by atoms with Crippen molar-refractivity contribution < 1.29 is 9.90 Å². The molecular formula is C9H7BrN2O2. The lowest BCUT2D eigenvalue weighted by Gasteiger charge is -1.97. The molecule has 5 heteroatoms. The molecule has 0 bridgehead atoms. The Bertz CT molecular complexity index is 519. The van der Waals surface area contributed by atoms with E-state index in [1.807, 2.05) is 6.07 Å². The Hall–Kier alpha value is -1.36. The van der Waals surface area contributed by atoms with Crippen LogP contribution in [0.5, 0.6) is 0 Å². The van der Waals surface area contributed by atoms with E-state index in [0.717, 1.165) is 9.99 Å². The van der Waals surface area contributed by atoms with E-state index in [1.54, 1.807) is 23.6 Å². The topological polar surface area (TPSA) is 54.6 Å². The number of rotatable bonds is 1. The van der Waals surface area contributed by atoms with Gasteiger partial charge in [-0.15, -0.1) is 0 Å². The number of nitrogens with zero attached hydrogens (tertiary/aromatic N) is 2. The molecule has 0 aliphatic rings. The van der Waals surface area contributed by atoms with Gasteiger partial charge in [0.1, 0.15) is 0 Å². The molecule has 0 spiro atoms. The fourth-order valence-corrected chi connectivity index (χ4v) is 2.05. The highest BCUT2D eigenvalue weighted by atomic mass is 79.9. The predicted octanol–water partition coefficient (Wildman–Crippen LogP) is 2.10. The monoisotopic (exact) mass is 254 g/mol. The number of carbonyl (C=O) groups is 1. The summed E-state index contributed by atoms with van der Waals surface area (Å²) >= 11 is 3.36. The van der Waals surface area contributed by atoms with E-state index in [2.05, 4.69) is 20.9 Å². The van der Waals surface area contributed by atoms with Gasteiger partial charge in [0.05, 0.1) is 11.2 Å². The van der Waals surface area contributed by atoms with Crippen LogP contribution in [0.4, 0.5) is 0 Å². The van der Waals surface area contributed by atoms with Crippen LogP contribution in [0.25, 0.3) is 5.52 Å². The fraction of sp³-hybridized carbons (Fsp3) is 0.111. The molecule has 0 saturated heterocycles. The maximum atomic E-state index is 10.8. The number of imidazole rings is 1. The Balaban J connectivity index is 2.91. The van der Waals surface area contributed by atoms with Gasteiger partial charge in [-0.05, 0) is 35.0 Å². The lowest BCUT2D eigenvalue weighted by molar-refractivity contribution is 0.0682. The first-order chi connectivity index (χ1) is 6.61. The zero-order valence-electron chi connectivity index (χ0n) is 7.36. The van der Waals surface area contributed by atoms with Crippen molar-refractivity contribution in [2.24, 2.45) is 0 Å². The molecule has 0 radical (unpaired) electrons. The van der Waals surface area contributed by atoms with Gasteiger partial charge >= 0.3 is 5.97 Å². The zero-order chi connectivity index (χ0) is 10.3. The summed E-state index contributed by atoms with van der Waals surface area (Å²) in [5.41, 5.74) is 1.50. The van der Waals surface area contributed by atoms with Gasteiger partial charge in [0.2, 0.25) is 5.82 Å². The van der Waals surface area contributed by atoms with Gasteiger partial charge in [-0.2, -0.15) is 0 Å². The standard InChI is InChI=1S/C9H7BrN2O2/c1-5-7-6(10)3-2-4-12(7)8(11-5)9(13)14/h2-4H,1H3,(H,13,14). The molecule has 0 aliphatic heterocycles. The highest BCUT2D eigenvalue weighted by Gasteiger charge is 2.15. The number of hydrogen-bond acceptors (Lipinski definition) is 2. The summed E-state index contributed by atoms with van der Waals surface area (Å²) in [6.07, 6.45) is 1.68. The normalized spacial score (nSPS) is 10.7. The average Bonchev–Trinajstić information content (AvgIpc) is 2.45. The maximum absolute atomic E-state index is 10.8.